The second-order valence-electron chi connectivity index (χ2n) is 5.35. The third kappa shape index (κ3) is 5.40. The molecule has 0 spiro atoms. The van der Waals surface area contributed by atoms with E-state index in [4.69, 9.17) is 4.98 Å². The average molecular weight is 385 g/mol. The van der Waals surface area contributed by atoms with Gasteiger partial charge in [-0.15, -0.1) is 23.1 Å². The lowest BCUT2D eigenvalue weighted by atomic mass is 10.1. The van der Waals surface area contributed by atoms with E-state index in [9.17, 15) is 0 Å². The number of hydrogen-bond acceptors (Lipinski definition) is 4. The molecule has 0 amide bonds. The molecule has 1 aromatic carbocycles. The quantitative estimate of drug-likeness (QED) is 0.670. The highest BCUT2D eigenvalue weighted by Gasteiger charge is 2.12. The summed E-state index contributed by atoms with van der Waals surface area (Å²) in [5.74, 6) is 1.59. The van der Waals surface area contributed by atoms with E-state index >= 15 is 0 Å². The third-order valence-electron chi connectivity index (χ3n) is 2.92. The van der Waals surface area contributed by atoms with Gasteiger partial charge in [0.2, 0.25) is 0 Å². The Morgan fingerprint density at radius 1 is 1.38 bits per heavy atom. The molecule has 0 unspecified atom stereocenters. The first-order valence-corrected chi connectivity index (χ1v) is 9.68. The SMILES string of the molecule is CNCc1sc(CSc2cccc(Br)c2)nc1CC(C)C. The molecule has 5 heteroatoms. The summed E-state index contributed by atoms with van der Waals surface area (Å²) in [6.45, 7) is 5.41. The second kappa shape index (κ2) is 8.32. The summed E-state index contributed by atoms with van der Waals surface area (Å²) in [5, 5.41) is 4.47. The van der Waals surface area contributed by atoms with E-state index in [1.165, 1.54) is 20.5 Å². The van der Waals surface area contributed by atoms with Gasteiger partial charge in [-0.2, -0.15) is 0 Å². The molecule has 0 atom stereocenters. The minimum absolute atomic E-state index is 0.647. The summed E-state index contributed by atoms with van der Waals surface area (Å²) in [4.78, 5) is 7.52. The van der Waals surface area contributed by atoms with Crippen molar-refractivity contribution in [2.75, 3.05) is 7.05 Å². The van der Waals surface area contributed by atoms with E-state index in [1.807, 2.05) is 30.1 Å². The molecule has 2 aromatic rings. The maximum absolute atomic E-state index is 4.85. The summed E-state index contributed by atoms with van der Waals surface area (Å²) >= 11 is 7.20. The Labute approximate surface area is 143 Å². The van der Waals surface area contributed by atoms with Crippen LogP contribution in [0.4, 0.5) is 0 Å². The standard InChI is InChI=1S/C16H21BrN2S2/c1-11(2)7-14-15(9-18-3)21-16(19-14)10-20-13-6-4-5-12(17)8-13/h4-6,8,11,18H,7,9-10H2,1-3H3. The van der Waals surface area contributed by atoms with Crippen molar-refractivity contribution in [2.45, 2.75) is 37.5 Å². The number of hydrogen-bond donors (Lipinski definition) is 1. The number of nitrogens with zero attached hydrogens (tertiary/aromatic N) is 1. The van der Waals surface area contributed by atoms with Crippen LogP contribution in [0.2, 0.25) is 0 Å². The van der Waals surface area contributed by atoms with E-state index in [2.05, 4.69) is 59.4 Å². The van der Waals surface area contributed by atoms with Gasteiger partial charge in [-0.25, -0.2) is 4.98 Å². The molecule has 0 saturated carbocycles. The molecule has 0 aliphatic carbocycles. The fourth-order valence-corrected chi connectivity index (χ4v) is 4.65. The van der Waals surface area contributed by atoms with Crippen molar-refractivity contribution in [1.82, 2.24) is 10.3 Å². The predicted molar refractivity (Wildman–Crippen MR) is 97.1 cm³/mol. The molecule has 1 heterocycles. The molecular weight excluding hydrogens is 364 g/mol. The largest absolute Gasteiger partial charge is 0.315 e. The van der Waals surface area contributed by atoms with Crippen LogP contribution in [0.1, 0.15) is 29.4 Å². The zero-order valence-corrected chi connectivity index (χ0v) is 15.9. The number of nitrogens with one attached hydrogen (secondary N) is 1. The van der Waals surface area contributed by atoms with Gasteiger partial charge < -0.3 is 5.32 Å². The second-order valence-corrected chi connectivity index (χ2v) is 8.48. The average Bonchev–Trinajstić information content (AvgIpc) is 2.78. The van der Waals surface area contributed by atoms with Crippen LogP contribution in [-0.2, 0) is 18.7 Å². The minimum atomic E-state index is 0.647. The Morgan fingerprint density at radius 3 is 2.86 bits per heavy atom. The van der Waals surface area contributed by atoms with E-state index < -0.39 is 0 Å². The summed E-state index contributed by atoms with van der Waals surface area (Å²) in [7, 11) is 1.99. The number of benzene rings is 1. The molecule has 1 aromatic heterocycles. The molecule has 0 radical (unpaired) electrons. The first-order chi connectivity index (χ1) is 10.1. The zero-order valence-electron chi connectivity index (χ0n) is 12.6. The van der Waals surface area contributed by atoms with Crippen LogP contribution in [-0.4, -0.2) is 12.0 Å². The highest BCUT2D eigenvalue weighted by atomic mass is 79.9. The van der Waals surface area contributed by atoms with Crippen LogP contribution in [0.15, 0.2) is 33.6 Å². The molecule has 0 saturated heterocycles. The molecule has 0 fully saturated rings. The van der Waals surface area contributed by atoms with Gasteiger partial charge in [0.05, 0.1) is 11.4 Å². The van der Waals surface area contributed by atoms with Crippen molar-refractivity contribution in [3.8, 4) is 0 Å². The molecule has 2 nitrogen and oxygen atoms in total. The van der Waals surface area contributed by atoms with Crippen LogP contribution >= 0.6 is 39.0 Å². The Balaban J connectivity index is 2.05. The summed E-state index contributed by atoms with van der Waals surface area (Å²) < 4.78 is 1.13. The van der Waals surface area contributed by atoms with Gasteiger partial charge in [-0.05, 0) is 37.6 Å². The summed E-state index contributed by atoms with van der Waals surface area (Å²) in [6.07, 6.45) is 1.06. The summed E-state index contributed by atoms with van der Waals surface area (Å²) in [6, 6.07) is 8.43. The Hall–Kier alpha value is -0.360. The number of thiazole rings is 1. The first kappa shape index (κ1) is 17.0. The Morgan fingerprint density at radius 2 is 2.19 bits per heavy atom. The molecule has 114 valence electrons. The predicted octanol–water partition coefficient (Wildman–Crippen LogP) is 5.12. The van der Waals surface area contributed by atoms with Crippen LogP contribution in [0.5, 0.6) is 0 Å². The van der Waals surface area contributed by atoms with Gasteiger partial charge in [0, 0.05) is 20.8 Å². The van der Waals surface area contributed by atoms with E-state index in [0.29, 0.717) is 5.92 Å². The topological polar surface area (TPSA) is 24.9 Å². The van der Waals surface area contributed by atoms with Crippen molar-refractivity contribution in [2.24, 2.45) is 5.92 Å². The van der Waals surface area contributed by atoms with Crippen LogP contribution in [0.25, 0.3) is 0 Å². The molecule has 1 N–H and O–H groups in total. The first-order valence-electron chi connectivity index (χ1n) is 7.09. The van der Waals surface area contributed by atoms with Gasteiger partial charge in [-0.3, -0.25) is 0 Å². The van der Waals surface area contributed by atoms with Crippen molar-refractivity contribution < 1.29 is 0 Å². The van der Waals surface area contributed by atoms with Crippen molar-refractivity contribution in [3.05, 3.63) is 44.3 Å². The van der Waals surface area contributed by atoms with Crippen LogP contribution in [0.3, 0.4) is 0 Å². The van der Waals surface area contributed by atoms with Crippen LogP contribution < -0.4 is 5.32 Å². The molecule has 0 aliphatic heterocycles. The van der Waals surface area contributed by atoms with E-state index in [1.54, 1.807) is 0 Å². The number of aromatic nitrogens is 1. The Bertz CT molecular complexity index is 581. The smallest absolute Gasteiger partial charge is 0.103 e. The van der Waals surface area contributed by atoms with Crippen molar-refractivity contribution >= 4 is 39.0 Å². The number of halogens is 1. The maximum atomic E-state index is 4.85. The van der Waals surface area contributed by atoms with Crippen molar-refractivity contribution in [3.63, 3.8) is 0 Å². The van der Waals surface area contributed by atoms with Crippen molar-refractivity contribution in [1.29, 1.82) is 0 Å². The Kier molecular flexibility index (Phi) is 6.74. The van der Waals surface area contributed by atoms with Gasteiger partial charge in [0.25, 0.3) is 0 Å². The zero-order chi connectivity index (χ0) is 15.2. The fourth-order valence-electron chi connectivity index (χ4n) is 2.05. The van der Waals surface area contributed by atoms with Gasteiger partial charge in [0.15, 0.2) is 0 Å². The summed E-state index contributed by atoms with van der Waals surface area (Å²) in [5.41, 5.74) is 1.27. The lowest BCUT2D eigenvalue weighted by Crippen LogP contribution is -2.07. The molecule has 2 rings (SSSR count). The lowest BCUT2D eigenvalue weighted by molar-refractivity contribution is 0.630. The number of thioether (sulfide) groups is 1. The molecule has 21 heavy (non-hydrogen) atoms. The maximum Gasteiger partial charge on any atom is 0.103 e. The number of rotatable bonds is 7. The van der Waals surface area contributed by atoms with Gasteiger partial charge in [0.1, 0.15) is 5.01 Å². The molecule has 0 aliphatic rings. The normalized spacial score (nSPS) is 11.3. The monoisotopic (exact) mass is 384 g/mol. The highest BCUT2D eigenvalue weighted by Crippen LogP contribution is 2.29. The minimum Gasteiger partial charge on any atom is -0.315 e. The molecular formula is C16H21BrN2S2. The fraction of sp³-hybridized carbons (Fsp3) is 0.438. The third-order valence-corrected chi connectivity index (χ3v) is 5.70. The molecule has 0 bridgehead atoms. The van der Waals surface area contributed by atoms with Gasteiger partial charge in [-0.1, -0.05) is 35.8 Å². The lowest BCUT2D eigenvalue weighted by Gasteiger charge is -2.03. The van der Waals surface area contributed by atoms with Crippen LogP contribution in [0, 0.1) is 5.92 Å². The van der Waals surface area contributed by atoms with E-state index in [0.717, 1.165) is 23.2 Å². The van der Waals surface area contributed by atoms with Gasteiger partial charge >= 0.3 is 0 Å². The highest BCUT2D eigenvalue weighted by molar-refractivity contribution is 9.10. The van der Waals surface area contributed by atoms with E-state index in [-0.39, 0.29) is 0 Å².